The zero-order chi connectivity index (χ0) is 13.2. The van der Waals surface area contributed by atoms with Gasteiger partial charge in [-0.15, -0.1) is 0 Å². The summed E-state index contributed by atoms with van der Waals surface area (Å²) in [6.45, 7) is -0.0907. The summed E-state index contributed by atoms with van der Waals surface area (Å²) < 4.78 is 23.9. The van der Waals surface area contributed by atoms with Crippen LogP contribution in [0.5, 0.6) is 0 Å². The van der Waals surface area contributed by atoms with Crippen LogP contribution in [0.4, 0.5) is 0 Å². The van der Waals surface area contributed by atoms with Gasteiger partial charge in [-0.1, -0.05) is 24.3 Å². The van der Waals surface area contributed by atoms with E-state index >= 15 is 0 Å². The van der Waals surface area contributed by atoms with Crippen molar-refractivity contribution in [2.45, 2.75) is 24.8 Å². The molecule has 2 atom stereocenters. The van der Waals surface area contributed by atoms with Crippen molar-refractivity contribution in [2.24, 2.45) is 5.73 Å². The van der Waals surface area contributed by atoms with Crippen LogP contribution in [0.3, 0.4) is 0 Å². The fourth-order valence-electron chi connectivity index (χ4n) is 2.56. The lowest BCUT2D eigenvalue weighted by Gasteiger charge is -2.16. The third-order valence-electron chi connectivity index (χ3n) is 3.47. The highest BCUT2D eigenvalue weighted by Gasteiger charge is 2.32. The molecule has 4 nitrogen and oxygen atoms in total. The Balaban J connectivity index is 2.15. The molecule has 0 aliphatic heterocycles. The average molecular weight is 269 g/mol. The monoisotopic (exact) mass is 269 g/mol. The molecule has 100 valence electrons. The lowest BCUT2D eigenvalue weighted by atomic mass is 10.0. The van der Waals surface area contributed by atoms with Gasteiger partial charge >= 0.3 is 0 Å². The highest BCUT2D eigenvalue weighted by Crippen LogP contribution is 2.33. The third-order valence-corrected chi connectivity index (χ3v) is 5.25. The number of benzene rings is 1. The van der Waals surface area contributed by atoms with Crippen molar-refractivity contribution in [1.29, 1.82) is 0 Å². The summed E-state index contributed by atoms with van der Waals surface area (Å²) in [5.74, 6) is 0.0185. The Morgan fingerprint density at radius 2 is 2.06 bits per heavy atom. The Hall–Kier alpha value is -0.910. The summed E-state index contributed by atoms with van der Waals surface area (Å²) in [4.78, 5) is 0. The maximum Gasteiger partial charge on any atom is 0.151 e. The molecule has 0 unspecified atom stereocenters. The number of aliphatic hydroxyl groups is 1. The number of rotatable bonds is 5. The molecular formula is C13H19NO3S. The predicted molar refractivity (Wildman–Crippen MR) is 71.2 cm³/mol. The van der Waals surface area contributed by atoms with Crippen molar-refractivity contribution in [3.63, 3.8) is 0 Å². The van der Waals surface area contributed by atoms with Crippen LogP contribution in [0.2, 0.25) is 0 Å². The summed E-state index contributed by atoms with van der Waals surface area (Å²) >= 11 is 0. The van der Waals surface area contributed by atoms with Crippen LogP contribution in [0.1, 0.15) is 23.5 Å². The lowest BCUT2D eigenvalue weighted by Crippen LogP contribution is -2.30. The van der Waals surface area contributed by atoms with Crippen molar-refractivity contribution >= 4 is 9.84 Å². The van der Waals surface area contributed by atoms with E-state index in [0.29, 0.717) is 6.42 Å². The highest BCUT2D eigenvalue weighted by atomic mass is 32.2. The molecule has 1 aromatic carbocycles. The van der Waals surface area contributed by atoms with E-state index in [1.54, 1.807) is 0 Å². The predicted octanol–water partition coefficient (Wildman–Crippen LogP) is 0.451. The zero-order valence-electron chi connectivity index (χ0n) is 10.2. The molecule has 5 heteroatoms. The molecular weight excluding hydrogens is 250 g/mol. The zero-order valence-corrected chi connectivity index (χ0v) is 11.1. The smallest absolute Gasteiger partial charge is 0.151 e. The SMILES string of the molecule is N[C@@H]1Cc2ccccc2[C@H]1CS(=O)(=O)CCCO. The van der Waals surface area contributed by atoms with Crippen LogP contribution in [-0.4, -0.2) is 37.7 Å². The summed E-state index contributed by atoms with van der Waals surface area (Å²) in [5.41, 5.74) is 8.28. The highest BCUT2D eigenvalue weighted by molar-refractivity contribution is 7.91. The summed E-state index contributed by atoms with van der Waals surface area (Å²) in [7, 11) is -3.14. The lowest BCUT2D eigenvalue weighted by molar-refractivity contribution is 0.295. The molecule has 1 aliphatic carbocycles. The van der Waals surface area contributed by atoms with Crippen LogP contribution < -0.4 is 5.73 Å². The van der Waals surface area contributed by atoms with Gasteiger partial charge in [0.2, 0.25) is 0 Å². The van der Waals surface area contributed by atoms with Crippen molar-refractivity contribution in [3.05, 3.63) is 35.4 Å². The van der Waals surface area contributed by atoms with E-state index in [4.69, 9.17) is 10.8 Å². The fraction of sp³-hybridized carbons (Fsp3) is 0.538. The number of fused-ring (bicyclic) bond motifs is 1. The van der Waals surface area contributed by atoms with Gasteiger partial charge in [0.1, 0.15) is 0 Å². The molecule has 0 amide bonds. The number of sulfone groups is 1. The number of hydrogen-bond acceptors (Lipinski definition) is 4. The van der Waals surface area contributed by atoms with Crippen molar-refractivity contribution in [1.82, 2.24) is 0 Å². The van der Waals surface area contributed by atoms with Crippen LogP contribution in [0.25, 0.3) is 0 Å². The molecule has 0 heterocycles. The Bertz CT molecular complexity index is 513. The molecule has 0 aromatic heterocycles. The quantitative estimate of drug-likeness (QED) is 0.813. The first-order chi connectivity index (χ1) is 8.53. The number of aliphatic hydroxyl groups excluding tert-OH is 1. The third kappa shape index (κ3) is 2.91. The van der Waals surface area contributed by atoms with Crippen LogP contribution in [0, 0.1) is 0 Å². The van der Waals surface area contributed by atoms with E-state index in [1.165, 1.54) is 0 Å². The molecule has 18 heavy (non-hydrogen) atoms. The molecule has 0 bridgehead atoms. The first kappa shape index (κ1) is 13.5. The first-order valence-corrected chi connectivity index (χ1v) is 8.00. The Kier molecular flexibility index (Phi) is 4.04. The maximum absolute atomic E-state index is 11.9. The molecule has 0 saturated carbocycles. The second-order valence-electron chi connectivity index (χ2n) is 4.86. The van der Waals surface area contributed by atoms with Gasteiger partial charge in [-0.25, -0.2) is 8.42 Å². The Labute approximate surface area is 108 Å². The minimum absolute atomic E-state index is 0.0366. The largest absolute Gasteiger partial charge is 0.396 e. The van der Waals surface area contributed by atoms with E-state index in [9.17, 15) is 8.42 Å². The fourth-order valence-corrected chi connectivity index (χ4v) is 4.27. The molecule has 0 radical (unpaired) electrons. The maximum atomic E-state index is 11.9. The Morgan fingerprint density at radius 1 is 1.33 bits per heavy atom. The van der Waals surface area contributed by atoms with Gasteiger partial charge in [0.15, 0.2) is 9.84 Å². The molecule has 1 aromatic rings. The second-order valence-corrected chi connectivity index (χ2v) is 7.09. The summed E-state index contributed by atoms with van der Waals surface area (Å²) in [6, 6.07) is 7.73. The first-order valence-electron chi connectivity index (χ1n) is 6.18. The van der Waals surface area contributed by atoms with Crippen LogP contribution in [0.15, 0.2) is 24.3 Å². The molecule has 0 fully saturated rings. The molecule has 0 spiro atoms. The molecule has 3 N–H and O–H groups in total. The topological polar surface area (TPSA) is 80.4 Å². The average Bonchev–Trinajstić information content (AvgIpc) is 2.63. The van der Waals surface area contributed by atoms with Gasteiger partial charge < -0.3 is 10.8 Å². The van der Waals surface area contributed by atoms with Crippen LogP contribution in [-0.2, 0) is 16.3 Å². The van der Waals surface area contributed by atoms with Gasteiger partial charge in [-0.3, -0.25) is 0 Å². The van der Waals surface area contributed by atoms with E-state index in [-0.39, 0.29) is 30.1 Å². The van der Waals surface area contributed by atoms with Gasteiger partial charge in [-0.2, -0.15) is 0 Å². The number of nitrogens with two attached hydrogens (primary N) is 1. The second kappa shape index (κ2) is 5.38. The van der Waals surface area contributed by atoms with Crippen molar-refractivity contribution < 1.29 is 13.5 Å². The van der Waals surface area contributed by atoms with Gasteiger partial charge in [0.05, 0.1) is 11.5 Å². The van der Waals surface area contributed by atoms with Crippen molar-refractivity contribution in [2.75, 3.05) is 18.1 Å². The van der Waals surface area contributed by atoms with Gasteiger partial charge in [0.25, 0.3) is 0 Å². The Morgan fingerprint density at radius 3 is 2.78 bits per heavy atom. The normalized spacial score (nSPS) is 23.0. The van der Waals surface area contributed by atoms with Crippen LogP contribution >= 0.6 is 0 Å². The molecule has 2 rings (SSSR count). The van der Waals surface area contributed by atoms with E-state index in [1.807, 2.05) is 24.3 Å². The van der Waals surface area contributed by atoms with E-state index < -0.39 is 9.84 Å². The summed E-state index contributed by atoms with van der Waals surface area (Å²) in [5, 5.41) is 8.71. The van der Waals surface area contributed by atoms with E-state index in [0.717, 1.165) is 17.5 Å². The summed E-state index contributed by atoms with van der Waals surface area (Å²) in [6.07, 6.45) is 1.04. The number of hydrogen-bond donors (Lipinski definition) is 2. The van der Waals surface area contributed by atoms with E-state index in [2.05, 4.69) is 0 Å². The minimum Gasteiger partial charge on any atom is -0.396 e. The molecule has 0 saturated heterocycles. The minimum atomic E-state index is -3.14. The van der Waals surface area contributed by atoms with Gasteiger partial charge in [0, 0.05) is 18.6 Å². The van der Waals surface area contributed by atoms with Crippen molar-refractivity contribution in [3.8, 4) is 0 Å². The van der Waals surface area contributed by atoms with Gasteiger partial charge in [-0.05, 0) is 24.0 Å². The molecule has 1 aliphatic rings. The standard InChI is InChI=1S/C13H19NO3S/c14-13-8-10-4-1-2-5-11(10)12(13)9-18(16,17)7-3-6-15/h1-2,4-5,12-13,15H,3,6-9,14H2/t12-,13-/m1/s1.